The van der Waals surface area contributed by atoms with Gasteiger partial charge < -0.3 is 14.6 Å². The van der Waals surface area contributed by atoms with E-state index in [1.54, 1.807) is 26.4 Å². The van der Waals surface area contributed by atoms with Gasteiger partial charge in [-0.1, -0.05) is 37.5 Å². The third-order valence-electron chi connectivity index (χ3n) is 3.80. The molecule has 20 heavy (non-hydrogen) atoms. The van der Waals surface area contributed by atoms with Gasteiger partial charge in [0.05, 0.1) is 7.11 Å². The van der Waals surface area contributed by atoms with E-state index in [1.807, 2.05) is 0 Å². The van der Waals surface area contributed by atoms with Crippen molar-refractivity contribution in [3.63, 3.8) is 0 Å². The first-order chi connectivity index (χ1) is 9.44. The molecule has 0 spiro atoms. The Labute approximate surface area is 120 Å². The van der Waals surface area contributed by atoms with E-state index in [0.29, 0.717) is 12.8 Å². The second-order valence-electron chi connectivity index (χ2n) is 5.79. The Morgan fingerprint density at radius 1 is 1.25 bits per heavy atom. The molecular formula is C17H20O3. The number of fused-ring (bicyclic) bond motifs is 2. The molecule has 0 fully saturated rings. The van der Waals surface area contributed by atoms with Crippen LogP contribution in [0.1, 0.15) is 26.7 Å². The van der Waals surface area contributed by atoms with Crippen LogP contribution in [-0.2, 0) is 9.47 Å². The van der Waals surface area contributed by atoms with Crippen molar-refractivity contribution < 1.29 is 14.6 Å². The lowest BCUT2D eigenvalue weighted by molar-refractivity contribution is -0.0178. The van der Waals surface area contributed by atoms with Crippen LogP contribution in [0.25, 0.3) is 0 Å². The third-order valence-corrected chi connectivity index (χ3v) is 3.80. The number of methoxy groups -OCH3 is 2. The van der Waals surface area contributed by atoms with Crippen molar-refractivity contribution in [1.29, 1.82) is 0 Å². The molecule has 106 valence electrons. The molecule has 2 atom stereocenters. The van der Waals surface area contributed by atoms with Crippen LogP contribution >= 0.6 is 0 Å². The van der Waals surface area contributed by atoms with Gasteiger partial charge in [-0.3, -0.25) is 0 Å². The molecule has 0 amide bonds. The van der Waals surface area contributed by atoms with Crippen molar-refractivity contribution in [2.75, 3.05) is 14.2 Å². The Morgan fingerprint density at radius 2 is 1.95 bits per heavy atom. The Balaban J connectivity index is 2.64. The lowest BCUT2D eigenvalue weighted by Gasteiger charge is -2.43. The van der Waals surface area contributed by atoms with Gasteiger partial charge in [-0.25, -0.2) is 0 Å². The lowest BCUT2D eigenvalue weighted by atomic mass is 9.68. The van der Waals surface area contributed by atoms with Crippen molar-refractivity contribution in [1.82, 2.24) is 0 Å². The Kier molecular flexibility index (Phi) is 3.95. The average Bonchev–Trinajstić information content (AvgIpc) is 2.40. The summed E-state index contributed by atoms with van der Waals surface area (Å²) in [7, 11) is 3.29. The van der Waals surface area contributed by atoms with Crippen LogP contribution in [0.4, 0.5) is 0 Å². The molecule has 2 rings (SSSR count). The maximum atomic E-state index is 10.3. The molecule has 0 saturated carbocycles. The predicted molar refractivity (Wildman–Crippen MR) is 77.5 cm³/mol. The van der Waals surface area contributed by atoms with E-state index in [0.717, 1.165) is 11.3 Å². The van der Waals surface area contributed by atoms with Crippen LogP contribution < -0.4 is 0 Å². The summed E-state index contributed by atoms with van der Waals surface area (Å²) in [5.74, 6) is 12.6. The van der Waals surface area contributed by atoms with Crippen molar-refractivity contribution >= 4 is 0 Å². The van der Waals surface area contributed by atoms with Crippen molar-refractivity contribution in [3.8, 4) is 23.7 Å². The van der Waals surface area contributed by atoms with Crippen LogP contribution in [0.3, 0.4) is 0 Å². The Hall–Kier alpha value is -1.68. The van der Waals surface area contributed by atoms with Gasteiger partial charge in [0.15, 0.2) is 0 Å². The largest absolute Gasteiger partial charge is 0.500 e. The highest BCUT2D eigenvalue weighted by Crippen LogP contribution is 2.47. The third kappa shape index (κ3) is 2.61. The normalized spacial score (nSPS) is 32.4. The summed E-state index contributed by atoms with van der Waals surface area (Å²) < 4.78 is 11.3. The fourth-order valence-electron chi connectivity index (χ4n) is 3.06. The van der Waals surface area contributed by atoms with Crippen molar-refractivity contribution in [2.24, 2.45) is 5.41 Å². The predicted octanol–water partition coefficient (Wildman–Crippen LogP) is 2.03. The van der Waals surface area contributed by atoms with Crippen LogP contribution in [-0.4, -0.2) is 31.0 Å². The minimum atomic E-state index is -0.858. The van der Waals surface area contributed by atoms with E-state index < -0.39 is 11.7 Å². The standard InChI is InChI=1S/C17H20O3/c1-16(2)12-17(20-4)10-8-6-5-7-9-14(18)13(11-17)15(16)19-3/h5-6,14,18H,11-12H2,1-4H3/b6-5-. The monoisotopic (exact) mass is 272 g/mol. The number of ether oxygens (including phenoxy) is 2. The lowest BCUT2D eigenvalue weighted by Crippen LogP contribution is -2.43. The van der Waals surface area contributed by atoms with Gasteiger partial charge in [-0.15, -0.1) is 0 Å². The molecule has 2 bridgehead atoms. The molecular weight excluding hydrogens is 252 g/mol. The van der Waals surface area contributed by atoms with Crippen LogP contribution in [0, 0.1) is 29.1 Å². The Bertz CT molecular complexity index is 575. The van der Waals surface area contributed by atoms with Gasteiger partial charge in [0.1, 0.15) is 17.5 Å². The zero-order valence-corrected chi connectivity index (χ0v) is 12.4. The number of hydrogen-bond acceptors (Lipinski definition) is 3. The summed E-state index contributed by atoms with van der Waals surface area (Å²) in [5.41, 5.74) is -0.105. The number of aliphatic hydroxyl groups excluding tert-OH is 1. The van der Waals surface area contributed by atoms with E-state index in [4.69, 9.17) is 9.47 Å². The zero-order valence-electron chi connectivity index (χ0n) is 12.4. The second-order valence-corrected chi connectivity index (χ2v) is 5.79. The molecule has 1 N–H and O–H groups in total. The summed E-state index contributed by atoms with van der Waals surface area (Å²) in [5, 5.41) is 10.3. The summed E-state index contributed by atoms with van der Waals surface area (Å²) in [6.07, 6.45) is 3.69. The van der Waals surface area contributed by atoms with Gasteiger partial charge in [-0.2, -0.15) is 0 Å². The summed E-state index contributed by atoms with van der Waals surface area (Å²) >= 11 is 0. The highest BCUT2D eigenvalue weighted by atomic mass is 16.5. The van der Waals surface area contributed by atoms with Gasteiger partial charge in [-0.05, 0) is 12.2 Å². The van der Waals surface area contributed by atoms with Gasteiger partial charge in [0.2, 0.25) is 0 Å². The first-order valence-electron chi connectivity index (χ1n) is 6.64. The van der Waals surface area contributed by atoms with Crippen LogP contribution in [0.15, 0.2) is 23.5 Å². The topological polar surface area (TPSA) is 38.7 Å². The first kappa shape index (κ1) is 14.7. The fraction of sp³-hybridized carbons (Fsp3) is 0.529. The summed E-state index contributed by atoms with van der Waals surface area (Å²) in [6.45, 7) is 4.14. The zero-order chi connectivity index (χ0) is 14.8. The molecule has 2 aliphatic carbocycles. The molecule has 0 aliphatic heterocycles. The summed E-state index contributed by atoms with van der Waals surface area (Å²) in [6, 6.07) is 0. The molecule has 0 heterocycles. The molecule has 3 nitrogen and oxygen atoms in total. The Morgan fingerprint density at radius 3 is 2.60 bits per heavy atom. The number of allylic oxidation sites excluding steroid dienone is 3. The molecule has 0 aromatic carbocycles. The average molecular weight is 272 g/mol. The molecule has 0 saturated heterocycles. The van der Waals surface area contributed by atoms with Crippen molar-refractivity contribution in [3.05, 3.63) is 23.5 Å². The first-order valence-corrected chi connectivity index (χ1v) is 6.64. The van der Waals surface area contributed by atoms with Gasteiger partial charge in [0.25, 0.3) is 0 Å². The smallest absolute Gasteiger partial charge is 0.140 e. The minimum absolute atomic E-state index is 0.265. The fourth-order valence-corrected chi connectivity index (χ4v) is 3.06. The van der Waals surface area contributed by atoms with E-state index in [2.05, 4.69) is 37.5 Å². The van der Waals surface area contributed by atoms with Crippen LogP contribution in [0.5, 0.6) is 0 Å². The van der Waals surface area contributed by atoms with E-state index in [-0.39, 0.29) is 5.41 Å². The molecule has 0 radical (unpaired) electrons. The number of aliphatic hydroxyl groups is 1. The van der Waals surface area contributed by atoms with E-state index in [9.17, 15) is 5.11 Å². The maximum Gasteiger partial charge on any atom is 0.140 e. The molecule has 3 heteroatoms. The van der Waals surface area contributed by atoms with Gasteiger partial charge in [0, 0.05) is 30.9 Å². The number of hydrogen-bond donors (Lipinski definition) is 1. The minimum Gasteiger partial charge on any atom is -0.500 e. The highest BCUT2D eigenvalue weighted by Gasteiger charge is 2.46. The molecule has 2 unspecified atom stereocenters. The molecule has 0 aromatic heterocycles. The quantitative estimate of drug-likeness (QED) is 0.782. The maximum absolute atomic E-state index is 10.3. The number of rotatable bonds is 2. The van der Waals surface area contributed by atoms with E-state index >= 15 is 0 Å². The molecule has 2 aliphatic rings. The van der Waals surface area contributed by atoms with Gasteiger partial charge >= 0.3 is 0 Å². The SMILES string of the molecule is COC1=C2CC(OC)(C#C/C=C\C#CC2O)CC1(C)C. The second kappa shape index (κ2) is 5.37. The summed E-state index contributed by atoms with van der Waals surface area (Å²) in [4.78, 5) is 0. The van der Waals surface area contributed by atoms with Crippen LogP contribution in [0.2, 0.25) is 0 Å². The van der Waals surface area contributed by atoms with E-state index in [1.165, 1.54) is 0 Å². The highest BCUT2D eigenvalue weighted by molar-refractivity contribution is 5.40. The molecule has 0 aromatic rings. The van der Waals surface area contributed by atoms with Crippen molar-refractivity contribution in [2.45, 2.75) is 38.4 Å².